The van der Waals surface area contributed by atoms with Crippen molar-refractivity contribution in [3.8, 4) is 0 Å². The Morgan fingerprint density at radius 2 is 1.86 bits per heavy atom. The van der Waals surface area contributed by atoms with Gasteiger partial charge in [0.25, 0.3) is 0 Å². The second-order valence-electron chi connectivity index (χ2n) is 4.69. The molecule has 0 aliphatic heterocycles. The van der Waals surface area contributed by atoms with Crippen molar-refractivity contribution < 1.29 is 22.7 Å². The molecule has 0 aliphatic rings. The predicted octanol–water partition coefficient (Wildman–Crippen LogP) is 1.31. The number of nitrogens with one attached hydrogen (secondary N) is 1. The number of ketones is 1. The van der Waals surface area contributed by atoms with Crippen LogP contribution in [0.3, 0.4) is 0 Å². The van der Waals surface area contributed by atoms with Crippen molar-refractivity contribution in [1.82, 2.24) is 5.32 Å². The predicted molar refractivity (Wildman–Crippen MR) is 78.6 cm³/mol. The lowest BCUT2D eigenvalue weighted by Gasteiger charge is -2.06. The molecule has 1 rings (SSSR count). The Bertz CT molecular complexity index is 568. The molecule has 0 heterocycles. The van der Waals surface area contributed by atoms with E-state index in [1.807, 2.05) is 30.3 Å². The Morgan fingerprint density at radius 1 is 1.19 bits per heavy atom. The summed E-state index contributed by atoms with van der Waals surface area (Å²) in [7, 11) is -3.05. The highest BCUT2D eigenvalue weighted by molar-refractivity contribution is 7.90. The molecular formula is C14H19NO5S. The van der Waals surface area contributed by atoms with Gasteiger partial charge < -0.3 is 10.1 Å². The zero-order valence-electron chi connectivity index (χ0n) is 11.9. The fraction of sp³-hybridized carbons (Fsp3) is 0.429. The minimum Gasteiger partial charge on any atom is -0.445 e. The van der Waals surface area contributed by atoms with E-state index in [1.165, 1.54) is 0 Å². The van der Waals surface area contributed by atoms with E-state index in [1.54, 1.807) is 0 Å². The van der Waals surface area contributed by atoms with Gasteiger partial charge in [-0.1, -0.05) is 30.3 Å². The SMILES string of the molecule is CS(=O)(=O)CCCC(=O)CNC(=O)OCc1ccccc1. The van der Waals surface area contributed by atoms with Crippen molar-refractivity contribution in [2.24, 2.45) is 0 Å². The smallest absolute Gasteiger partial charge is 0.407 e. The third-order valence-corrected chi connectivity index (χ3v) is 3.64. The molecule has 0 saturated heterocycles. The van der Waals surface area contributed by atoms with Crippen molar-refractivity contribution >= 4 is 21.7 Å². The number of amides is 1. The van der Waals surface area contributed by atoms with Gasteiger partial charge >= 0.3 is 6.09 Å². The average molecular weight is 313 g/mol. The first-order valence-electron chi connectivity index (χ1n) is 6.51. The highest BCUT2D eigenvalue weighted by Gasteiger charge is 2.08. The molecule has 1 amide bonds. The summed E-state index contributed by atoms with van der Waals surface area (Å²) in [5, 5.41) is 2.34. The molecule has 0 spiro atoms. The summed E-state index contributed by atoms with van der Waals surface area (Å²) in [6.07, 6.45) is 0.830. The summed E-state index contributed by atoms with van der Waals surface area (Å²) in [5.41, 5.74) is 0.854. The number of ether oxygens (including phenoxy) is 1. The first-order chi connectivity index (χ1) is 9.87. The normalized spacial score (nSPS) is 10.9. The third kappa shape index (κ3) is 8.80. The maximum Gasteiger partial charge on any atom is 0.407 e. The Labute approximate surface area is 124 Å². The minimum atomic E-state index is -3.05. The van der Waals surface area contributed by atoms with Gasteiger partial charge in [0.05, 0.1) is 12.3 Å². The average Bonchev–Trinajstić information content (AvgIpc) is 2.42. The summed E-state index contributed by atoms with van der Waals surface area (Å²) in [6.45, 7) is -0.0215. The Hall–Kier alpha value is -1.89. The molecule has 0 radical (unpaired) electrons. The van der Waals surface area contributed by atoms with Gasteiger partial charge in [0.1, 0.15) is 16.4 Å². The van der Waals surface area contributed by atoms with Crippen molar-refractivity contribution in [2.75, 3.05) is 18.6 Å². The van der Waals surface area contributed by atoms with Crippen LogP contribution in [0, 0.1) is 0 Å². The van der Waals surface area contributed by atoms with Crippen molar-refractivity contribution in [3.63, 3.8) is 0 Å². The number of alkyl carbamates (subject to hydrolysis) is 1. The lowest BCUT2D eigenvalue weighted by atomic mass is 10.2. The van der Waals surface area contributed by atoms with Crippen LogP contribution in [0.2, 0.25) is 0 Å². The minimum absolute atomic E-state index is 0.0306. The number of carbonyl (C=O) groups is 2. The summed E-state index contributed by atoms with van der Waals surface area (Å²) in [4.78, 5) is 22.8. The topological polar surface area (TPSA) is 89.5 Å². The molecule has 1 N–H and O–H groups in total. The van der Waals surface area contributed by atoms with Crippen LogP contribution >= 0.6 is 0 Å². The Morgan fingerprint density at radius 3 is 2.48 bits per heavy atom. The zero-order valence-corrected chi connectivity index (χ0v) is 12.7. The summed E-state index contributed by atoms with van der Waals surface area (Å²) in [6, 6.07) is 9.18. The van der Waals surface area contributed by atoms with Crippen molar-refractivity contribution in [1.29, 1.82) is 0 Å². The van der Waals surface area contributed by atoms with Crippen LogP contribution in [-0.4, -0.2) is 38.8 Å². The number of Topliss-reactive ketones (excluding diaryl/α,β-unsaturated/α-hetero) is 1. The van der Waals surface area contributed by atoms with Gasteiger partial charge in [-0.15, -0.1) is 0 Å². The Balaban J connectivity index is 2.16. The van der Waals surface area contributed by atoms with Crippen LogP contribution < -0.4 is 5.32 Å². The van der Waals surface area contributed by atoms with Gasteiger partial charge in [0.2, 0.25) is 0 Å². The Kier molecular flexibility index (Phi) is 6.87. The molecule has 6 nitrogen and oxygen atoms in total. The van der Waals surface area contributed by atoms with Crippen LogP contribution in [0.4, 0.5) is 4.79 Å². The van der Waals surface area contributed by atoms with Gasteiger partial charge in [0.15, 0.2) is 5.78 Å². The molecule has 0 atom stereocenters. The highest BCUT2D eigenvalue weighted by Crippen LogP contribution is 2.00. The largest absolute Gasteiger partial charge is 0.445 e. The number of rotatable bonds is 8. The number of sulfone groups is 1. The van der Waals surface area contributed by atoms with E-state index in [4.69, 9.17) is 4.74 Å². The van der Waals surface area contributed by atoms with Gasteiger partial charge in [-0.2, -0.15) is 0 Å². The van der Waals surface area contributed by atoms with Gasteiger partial charge in [0, 0.05) is 12.7 Å². The van der Waals surface area contributed by atoms with Gasteiger partial charge in [-0.05, 0) is 12.0 Å². The fourth-order valence-corrected chi connectivity index (χ4v) is 2.23. The van der Waals surface area contributed by atoms with Crippen LogP contribution in [0.15, 0.2) is 30.3 Å². The molecule has 0 aliphatic carbocycles. The van der Waals surface area contributed by atoms with Crippen LogP contribution in [-0.2, 0) is 26.0 Å². The molecule has 21 heavy (non-hydrogen) atoms. The maximum absolute atomic E-state index is 11.4. The molecular weight excluding hydrogens is 294 g/mol. The molecule has 7 heteroatoms. The lowest BCUT2D eigenvalue weighted by molar-refractivity contribution is -0.118. The second-order valence-corrected chi connectivity index (χ2v) is 6.95. The number of benzene rings is 1. The highest BCUT2D eigenvalue weighted by atomic mass is 32.2. The monoisotopic (exact) mass is 313 g/mol. The zero-order chi connectivity index (χ0) is 15.7. The molecule has 1 aromatic rings. The lowest BCUT2D eigenvalue weighted by Crippen LogP contribution is -2.30. The first-order valence-corrected chi connectivity index (χ1v) is 8.57. The van der Waals surface area contributed by atoms with E-state index in [0.29, 0.717) is 0 Å². The molecule has 0 unspecified atom stereocenters. The molecule has 116 valence electrons. The van der Waals surface area contributed by atoms with E-state index in [2.05, 4.69) is 5.32 Å². The van der Waals surface area contributed by atoms with E-state index in [9.17, 15) is 18.0 Å². The summed E-state index contributed by atoms with van der Waals surface area (Å²) >= 11 is 0. The number of hydrogen-bond acceptors (Lipinski definition) is 5. The van der Waals surface area contributed by atoms with Crippen molar-refractivity contribution in [2.45, 2.75) is 19.4 Å². The van der Waals surface area contributed by atoms with Gasteiger partial charge in [-0.25, -0.2) is 13.2 Å². The van der Waals surface area contributed by atoms with Crippen LogP contribution in [0.5, 0.6) is 0 Å². The van der Waals surface area contributed by atoms with E-state index in [-0.39, 0.29) is 37.5 Å². The summed E-state index contributed by atoms with van der Waals surface area (Å²) < 4.78 is 26.7. The number of carbonyl (C=O) groups excluding carboxylic acids is 2. The fourth-order valence-electron chi connectivity index (χ4n) is 1.56. The maximum atomic E-state index is 11.4. The third-order valence-electron chi connectivity index (χ3n) is 2.61. The van der Waals surface area contributed by atoms with E-state index < -0.39 is 15.9 Å². The second kappa shape index (κ2) is 8.41. The van der Waals surface area contributed by atoms with E-state index in [0.717, 1.165) is 11.8 Å². The van der Waals surface area contributed by atoms with Crippen LogP contribution in [0.1, 0.15) is 18.4 Å². The van der Waals surface area contributed by atoms with E-state index >= 15 is 0 Å². The molecule has 1 aromatic carbocycles. The molecule has 0 aromatic heterocycles. The first kappa shape index (κ1) is 17.2. The van der Waals surface area contributed by atoms with Crippen molar-refractivity contribution in [3.05, 3.63) is 35.9 Å². The van der Waals surface area contributed by atoms with Gasteiger partial charge in [-0.3, -0.25) is 4.79 Å². The summed E-state index contributed by atoms with van der Waals surface area (Å²) in [5.74, 6) is -0.257. The van der Waals surface area contributed by atoms with Crippen LogP contribution in [0.25, 0.3) is 0 Å². The molecule has 0 saturated carbocycles. The standard InChI is InChI=1S/C14H19NO5S/c1-21(18,19)9-5-8-13(16)10-15-14(17)20-11-12-6-3-2-4-7-12/h2-4,6-7H,5,8-11H2,1H3,(H,15,17). The molecule has 0 bridgehead atoms. The molecule has 0 fully saturated rings. The number of hydrogen-bond donors (Lipinski definition) is 1. The quantitative estimate of drug-likeness (QED) is 0.781.